The Hall–Kier alpha value is -0.900. The van der Waals surface area contributed by atoms with Crippen molar-refractivity contribution < 1.29 is 4.74 Å². The van der Waals surface area contributed by atoms with Gasteiger partial charge in [0.05, 0.1) is 6.10 Å². The first-order valence-corrected chi connectivity index (χ1v) is 6.49. The summed E-state index contributed by atoms with van der Waals surface area (Å²) in [6.45, 7) is 2.76. The summed E-state index contributed by atoms with van der Waals surface area (Å²) in [6, 6.07) is 10.3. The molecule has 3 nitrogen and oxygen atoms in total. The minimum atomic E-state index is 0.0840. The molecule has 2 unspecified atom stereocenters. The van der Waals surface area contributed by atoms with Gasteiger partial charge in [-0.25, -0.2) is 0 Å². The molecule has 1 fully saturated rings. The fourth-order valence-corrected chi connectivity index (χ4v) is 2.21. The Morgan fingerprint density at radius 2 is 2.18 bits per heavy atom. The van der Waals surface area contributed by atoms with Gasteiger partial charge in [-0.1, -0.05) is 30.3 Å². The lowest BCUT2D eigenvalue weighted by molar-refractivity contribution is 0.104. The number of hydrogen-bond donors (Lipinski definition) is 2. The van der Waals surface area contributed by atoms with Gasteiger partial charge in [0.1, 0.15) is 0 Å². The normalized spacial score (nSPS) is 21.6. The number of ether oxygens (including phenoxy) is 1. The summed E-state index contributed by atoms with van der Waals surface area (Å²) in [5.74, 6) is 0. The minimum Gasteiger partial charge on any atom is -0.378 e. The van der Waals surface area contributed by atoms with E-state index < -0.39 is 0 Å². The van der Waals surface area contributed by atoms with E-state index in [1.54, 1.807) is 0 Å². The van der Waals surface area contributed by atoms with Crippen LogP contribution in [0.25, 0.3) is 0 Å². The highest BCUT2D eigenvalue weighted by atomic mass is 16.5. The van der Waals surface area contributed by atoms with Crippen LogP contribution < -0.4 is 11.1 Å². The second-order valence-corrected chi connectivity index (χ2v) is 4.65. The van der Waals surface area contributed by atoms with Crippen LogP contribution in [-0.4, -0.2) is 25.8 Å². The average Bonchev–Trinajstić information content (AvgIpc) is 2.88. The summed E-state index contributed by atoms with van der Waals surface area (Å²) >= 11 is 0. The summed E-state index contributed by atoms with van der Waals surface area (Å²) in [6.07, 6.45) is 4.00. The molecule has 2 atom stereocenters. The van der Waals surface area contributed by atoms with Crippen LogP contribution in [0.2, 0.25) is 0 Å². The van der Waals surface area contributed by atoms with Crippen molar-refractivity contribution in [2.45, 2.75) is 31.4 Å². The first-order chi connectivity index (χ1) is 8.36. The Morgan fingerprint density at radius 3 is 2.88 bits per heavy atom. The number of benzene rings is 1. The van der Waals surface area contributed by atoms with E-state index in [-0.39, 0.29) is 6.04 Å². The number of nitrogens with one attached hydrogen (secondary N) is 1. The van der Waals surface area contributed by atoms with E-state index in [1.807, 2.05) is 18.2 Å². The quantitative estimate of drug-likeness (QED) is 0.738. The lowest BCUT2D eigenvalue weighted by atomic mass is 10.1. The van der Waals surface area contributed by atoms with E-state index in [0.717, 1.165) is 26.1 Å². The molecule has 17 heavy (non-hydrogen) atoms. The molecule has 3 heteroatoms. The first kappa shape index (κ1) is 12.6. The van der Waals surface area contributed by atoms with E-state index in [1.165, 1.54) is 18.4 Å². The van der Waals surface area contributed by atoms with E-state index >= 15 is 0 Å². The molecule has 0 saturated carbocycles. The predicted molar refractivity (Wildman–Crippen MR) is 69.8 cm³/mol. The molecule has 0 aromatic heterocycles. The standard InChI is InChI=1S/C14H22N2O/c15-14(12-5-2-1-3-6-12)11-16-9-8-13-7-4-10-17-13/h1-3,5-6,13-14,16H,4,7-11,15H2. The summed E-state index contributed by atoms with van der Waals surface area (Å²) in [5.41, 5.74) is 7.29. The molecular formula is C14H22N2O. The SMILES string of the molecule is NC(CNCCC1CCCO1)c1ccccc1. The average molecular weight is 234 g/mol. The van der Waals surface area contributed by atoms with Crippen LogP contribution >= 0.6 is 0 Å². The van der Waals surface area contributed by atoms with Gasteiger partial charge in [-0.15, -0.1) is 0 Å². The molecule has 0 spiro atoms. The van der Waals surface area contributed by atoms with Crippen molar-refractivity contribution in [3.8, 4) is 0 Å². The van der Waals surface area contributed by atoms with Gasteiger partial charge in [-0.3, -0.25) is 0 Å². The zero-order chi connectivity index (χ0) is 11.9. The molecule has 94 valence electrons. The van der Waals surface area contributed by atoms with Crippen LogP contribution in [0.1, 0.15) is 30.9 Å². The van der Waals surface area contributed by atoms with Gasteiger partial charge < -0.3 is 15.8 Å². The van der Waals surface area contributed by atoms with Crippen LogP contribution in [0.4, 0.5) is 0 Å². The molecule has 1 heterocycles. The third-order valence-electron chi connectivity index (χ3n) is 3.26. The second kappa shape index (κ2) is 6.74. The Labute approximate surface area is 103 Å². The Balaban J connectivity index is 1.61. The lowest BCUT2D eigenvalue weighted by Crippen LogP contribution is -2.29. The van der Waals surface area contributed by atoms with Crippen molar-refractivity contribution in [3.63, 3.8) is 0 Å². The zero-order valence-electron chi connectivity index (χ0n) is 10.3. The smallest absolute Gasteiger partial charge is 0.0588 e. The van der Waals surface area contributed by atoms with E-state index in [0.29, 0.717) is 6.10 Å². The van der Waals surface area contributed by atoms with E-state index in [4.69, 9.17) is 10.5 Å². The largest absolute Gasteiger partial charge is 0.378 e. The molecule has 0 bridgehead atoms. The third kappa shape index (κ3) is 4.11. The van der Waals surface area contributed by atoms with Crippen molar-refractivity contribution in [3.05, 3.63) is 35.9 Å². The molecule has 1 aromatic rings. The van der Waals surface area contributed by atoms with Crippen molar-refractivity contribution in [1.82, 2.24) is 5.32 Å². The molecule has 1 saturated heterocycles. The van der Waals surface area contributed by atoms with Gasteiger partial charge in [0, 0.05) is 19.2 Å². The minimum absolute atomic E-state index is 0.0840. The van der Waals surface area contributed by atoms with E-state index in [2.05, 4.69) is 17.4 Å². The molecule has 0 radical (unpaired) electrons. The summed E-state index contributed by atoms with van der Waals surface area (Å²) in [7, 11) is 0. The molecule has 3 N–H and O–H groups in total. The molecule has 1 aliphatic rings. The Kier molecular flexibility index (Phi) is 4.98. The zero-order valence-corrected chi connectivity index (χ0v) is 10.3. The van der Waals surface area contributed by atoms with Crippen molar-refractivity contribution in [1.29, 1.82) is 0 Å². The molecule has 0 aliphatic carbocycles. The second-order valence-electron chi connectivity index (χ2n) is 4.65. The fourth-order valence-electron chi connectivity index (χ4n) is 2.21. The molecule has 2 rings (SSSR count). The maximum absolute atomic E-state index is 6.10. The van der Waals surface area contributed by atoms with Crippen molar-refractivity contribution >= 4 is 0 Å². The number of hydrogen-bond acceptors (Lipinski definition) is 3. The first-order valence-electron chi connectivity index (χ1n) is 6.49. The maximum Gasteiger partial charge on any atom is 0.0588 e. The highest BCUT2D eigenvalue weighted by Crippen LogP contribution is 2.14. The summed E-state index contributed by atoms with van der Waals surface area (Å²) in [4.78, 5) is 0. The van der Waals surface area contributed by atoms with E-state index in [9.17, 15) is 0 Å². The van der Waals surface area contributed by atoms with Crippen LogP contribution in [-0.2, 0) is 4.74 Å². The Bertz CT molecular complexity index is 309. The van der Waals surface area contributed by atoms with Crippen molar-refractivity contribution in [2.75, 3.05) is 19.7 Å². The maximum atomic E-state index is 6.10. The van der Waals surface area contributed by atoms with Crippen LogP contribution in [0, 0.1) is 0 Å². The van der Waals surface area contributed by atoms with Crippen LogP contribution in [0.15, 0.2) is 30.3 Å². The number of rotatable bonds is 6. The van der Waals surface area contributed by atoms with Crippen molar-refractivity contribution in [2.24, 2.45) is 5.73 Å². The highest BCUT2D eigenvalue weighted by molar-refractivity contribution is 5.18. The van der Waals surface area contributed by atoms with Gasteiger partial charge in [-0.05, 0) is 31.4 Å². The van der Waals surface area contributed by atoms with Gasteiger partial charge in [0.15, 0.2) is 0 Å². The molecule has 0 amide bonds. The van der Waals surface area contributed by atoms with Gasteiger partial charge >= 0.3 is 0 Å². The molecule has 1 aliphatic heterocycles. The lowest BCUT2D eigenvalue weighted by Gasteiger charge is -2.14. The Morgan fingerprint density at radius 1 is 1.35 bits per heavy atom. The molecule has 1 aromatic carbocycles. The van der Waals surface area contributed by atoms with Crippen LogP contribution in [0.5, 0.6) is 0 Å². The monoisotopic (exact) mass is 234 g/mol. The van der Waals surface area contributed by atoms with Crippen LogP contribution in [0.3, 0.4) is 0 Å². The van der Waals surface area contributed by atoms with Gasteiger partial charge in [0.25, 0.3) is 0 Å². The van der Waals surface area contributed by atoms with Gasteiger partial charge in [0.2, 0.25) is 0 Å². The third-order valence-corrected chi connectivity index (χ3v) is 3.26. The fraction of sp³-hybridized carbons (Fsp3) is 0.571. The highest BCUT2D eigenvalue weighted by Gasteiger charge is 2.14. The molecular weight excluding hydrogens is 212 g/mol. The van der Waals surface area contributed by atoms with Gasteiger partial charge in [-0.2, -0.15) is 0 Å². The number of nitrogens with two attached hydrogens (primary N) is 1. The summed E-state index contributed by atoms with van der Waals surface area (Å²) in [5, 5.41) is 3.41. The summed E-state index contributed by atoms with van der Waals surface area (Å²) < 4.78 is 5.57. The topological polar surface area (TPSA) is 47.3 Å². The predicted octanol–water partition coefficient (Wildman–Crippen LogP) is 1.85.